The number of nitrogens with zero attached hydrogens (tertiary/aromatic N) is 2. The number of primary amides is 1. The largest absolute Gasteiger partial charge is 0.380 e. The van der Waals surface area contributed by atoms with Crippen molar-refractivity contribution in [3.8, 4) is 11.1 Å². The van der Waals surface area contributed by atoms with Crippen LogP contribution in [0.1, 0.15) is 68.3 Å². The number of pyridine rings is 2. The van der Waals surface area contributed by atoms with Crippen LogP contribution in [0.15, 0.2) is 36.5 Å². The van der Waals surface area contributed by atoms with E-state index in [0.29, 0.717) is 6.04 Å². The maximum Gasteiger partial charge on any atom is 0.229 e. The van der Waals surface area contributed by atoms with Crippen molar-refractivity contribution in [2.45, 2.75) is 81.7 Å². The quantitative estimate of drug-likeness (QED) is 0.529. The molecule has 0 radical (unpaired) electrons. The molecule has 2 saturated carbocycles. The van der Waals surface area contributed by atoms with Gasteiger partial charge in [-0.15, -0.1) is 0 Å². The minimum atomic E-state index is -0.586. The Hall–Kier alpha value is -2.99. The second-order valence-electron chi connectivity index (χ2n) is 10.4. The average Bonchev–Trinajstić information content (AvgIpc) is 3.67. The van der Waals surface area contributed by atoms with Crippen molar-refractivity contribution in [3.63, 3.8) is 0 Å². The van der Waals surface area contributed by atoms with Gasteiger partial charge in [0.2, 0.25) is 5.91 Å². The molecule has 6 heteroatoms. The summed E-state index contributed by atoms with van der Waals surface area (Å²) in [5.41, 5.74) is 19.5. The highest BCUT2D eigenvalue weighted by Crippen LogP contribution is 2.47. The first-order valence-corrected chi connectivity index (χ1v) is 12.8. The normalized spacial score (nSPS) is 23.3. The number of aryl methyl sites for hydroxylation is 1. The van der Waals surface area contributed by atoms with Gasteiger partial charge in [-0.3, -0.25) is 14.8 Å². The maximum absolute atomic E-state index is 12.1. The van der Waals surface area contributed by atoms with Gasteiger partial charge in [0, 0.05) is 35.0 Å². The third-order valence-corrected chi connectivity index (χ3v) is 8.22. The van der Waals surface area contributed by atoms with E-state index in [-0.39, 0.29) is 11.9 Å². The number of hydrogen-bond acceptors (Lipinski definition) is 5. The van der Waals surface area contributed by atoms with Crippen LogP contribution in [0.5, 0.6) is 0 Å². The summed E-state index contributed by atoms with van der Waals surface area (Å²) in [7, 11) is 0. The van der Waals surface area contributed by atoms with Crippen molar-refractivity contribution < 1.29 is 4.79 Å². The molecule has 2 aromatic heterocycles. The Kier molecular flexibility index (Phi) is 5.29. The van der Waals surface area contributed by atoms with Gasteiger partial charge >= 0.3 is 0 Å². The molecule has 2 fully saturated rings. The second-order valence-corrected chi connectivity index (χ2v) is 10.4. The van der Waals surface area contributed by atoms with Gasteiger partial charge in [-0.25, -0.2) is 0 Å². The Morgan fingerprint density at radius 3 is 2.59 bits per heavy atom. The molecule has 5 N–H and O–H groups in total. The molecule has 0 saturated heterocycles. The van der Waals surface area contributed by atoms with Gasteiger partial charge in [-0.1, -0.05) is 18.9 Å². The number of anilines is 1. The Morgan fingerprint density at radius 1 is 1.00 bits per heavy atom. The number of carbonyl (C=O) groups is 1. The van der Waals surface area contributed by atoms with Crippen LogP contribution in [0.4, 0.5) is 5.69 Å². The fraction of sp³-hybridized carbons (Fsp3) is 0.464. The third-order valence-electron chi connectivity index (χ3n) is 8.22. The van der Waals surface area contributed by atoms with Crippen molar-refractivity contribution in [2.75, 3.05) is 5.32 Å². The number of amides is 1. The Morgan fingerprint density at radius 2 is 1.79 bits per heavy atom. The van der Waals surface area contributed by atoms with Crippen molar-refractivity contribution in [3.05, 3.63) is 53.5 Å². The molecule has 2 unspecified atom stereocenters. The average molecular weight is 456 g/mol. The molecule has 0 spiro atoms. The van der Waals surface area contributed by atoms with Crippen LogP contribution in [0.25, 0.3) is 22.0 Å². The molecule has 6 nitrogen and oxygen atoms in total. The molecule has 0 aliphatic heterocycles. The number of nitrogens with two attached hydrogens (primary N) is 2. The Balaban J connectivity index is 1.45. The van der Waals surface area contributed by atoms with Crippen molar-refractivity contribution in [1.29, 1.82) is 0 Å². The van der Waals surface area contributed by atoms with Crippen molar-refractivity contribution in [1.82, 2.24) is 9.97 Å². The van der Waals surface area contributed by atoms with Gasteiger partial charge in [0.25, 0.3) is 0 Å². The SMILES string of the molecule is NC(=O)C1(c2cc(-c3ccc4nc5c(c(NC6CCCCC6N)c4c3)CCCC5)ccn2)CC1. The summed E-state index contributed by atoms with van der Waals surface area (Å²) in [6.07, 6.45) is 12.5. The van der Waals surface area contributed by atoms with Crippen LogP contribution in [-0.2, 0) is 23.1 Å². The van der Waals surface area contributed by atoms with E-state index in [1.54, 1.807) is 6.20 Å². The van der Waals surface area contributed by atoms with E-state index in [2.05, 4.69) is 28.5 Å². The Labute approximate surface area is 200 Å². The predicted molar refractivity (Wildman–Crippen MR) is 136 cm³/mol. The Bertz CT molecular complexity index is 1270. The fourth-order valence-corrected chi connectivity index (χ4v) is 5.92. The molecular weight excluding hydrogens is 422 g/mol. The van der Waals surface area contributed by atoms with Gasteiger partial charge in [0.1, 0.15) is 0 Å². The summed E-state index contributed by atoms with van der Waals surface area (Å²) >= 11 is 0. The van der Waals surface area contributed by atoms with E-state index in [9.17, 15) is 4.79 Å². The first-order valence-electron chi connectivity index (χ1n) is 12.8. The highest BCUT2D eigenvalue weighted by atomic mass is 16.1. The molecule has 34 heavy (non-hydrogen) atoms. The third kappa shape index (κ3) is 3.65. The zero-order chi connectivity index (χ0) is 23.3. The van der Waals surface area contributed by atoms with E-state index in [1.165, 1.54) is 42.6 Å². The van der Waals surface area contributed by atoms with E-state index in [0.717, 1.165) is 66.2 Å². The molecule has 176 valence electrons. The topological polar surface area (TPSA) is 107 Å². The van der Waals surface area contributed by atoms with Gasteiger partial charge in [0.15, 0.2) is 0 Å². The fourth-order valence-electron chi connectivity index (χ4n) is 5.92. The minimum Gasteiger partial charge on any atom is -0.380 e. The van der Waals surface area contributed by atoms with Crippen LogP contribution in [0.2, 0.25) is 0 Å². The maximum atomic E-state index is 12.1. The van der Waals surface area contributed by atoms with E-state index in [4.69, 9.17) is 16.5 Å². The number of rotatable bonds is 5. The van der Waals surface area contributed by atoms with Crippen LogP contribution in [0, 0.1) is 0 Å². The zero-order valence-corrected chi connectivity index (χ0v) is 19.6. The summed E-state index contributed by atoms with van der Waals surface area (Å²) in [6, 6.07) is 11.0. The standard InChI is InChI=1S/C28H33N5O/c29-21-6-2-4-8-24(21)33-26-19-5-1-3-7-22(19)32-23-10-9-17(15-20(23)26)18-11-14-31-25(16-18)28(12-13-28)27(30)34/h9-11,14-16,21,24H,1-8,12-13,29H2,(H2,30,34)(H,32,33). The molecule has 3 aliphatic rings. The summed E-state index contributed by atoms with van der Waals surface area (Å²) in [6.45, 7) is 0. The number of nitrogens with one attached hydrogen (secondary N) is 1. The minimum absolute atomic E-state index is 0.186. The molecule has 6 rings (SSSR count). The van der Waals surface area contributed by atoms with E-state index < -0.39 is 5.41 Å². The lowest BCUT2D eigenvalue weighted by molar-refractivity contribution is -0.120. The van der Waals surface area contributed by atoms with Gasteiger partial charge in [0.05, 0.1) is 16.6 Å². The number of carbonyl (C=O) groups excluding carboxylic acids is 1. The van der Waals surface area contributed by atoms with Gasteiger partial charge < -0.3 is 16.8 Å². The number of hydrogen-bond donors (Lipinski definition) is 3. The van der Waals surface area contributed by atoms with E-state index in [1.807, 2.05) is 12.1 Å². The predicted octanol–water partition coefficient (Wildman–Crippen LogP) is 4.37. The molecule has 0 bridgehead atoms. The zero-order valence-electron chi connectivity index (χ0n) is 19.6. The highest BCUT2D eigenvalue weighted by Gasteiger charge is 2.51. The summed E-state index contributed by atoms with van der Waals surface area (Å²) in [5, 5.41) is 5.06. The number of aromatic nitrogens is 2. The van der Waals surface area contributed by atoms with Crippen LogP contribution >= 0.6 is 0 Å². The highest BCUT2D eigenvalue weighted by molar-refractivity contribution is 5.97. The van der Waals surface area contributed by atoms with Crippen LogP contribution < -0.4 is 16.8 Å². The molecule has 2 heterocycles. The van der Waals surface area contributed by atoms with Crippen molar-refractivity contribution >= 4 is 22.5 Å². The lowest BCUT2D eigenvalue weighted by Crippen LogP contribution is -2.42. The summed E-state index contributed by atoms with van der Waals surface area (Å²) in [5.74, 6) is -0.276. The summed E-state index contributed by atoms with van der Waals surface area (Å²) < 4.78 is 0. The summed E-state index contributed by atoms with van der Waals surface area (Å²) in [4.78, 5) is 21.6. The smallest absolute Gasteiger partial charge is 0.229 e. The van der Waals surface area contributed by atoms with E-state index >= 15 is 0 Å². The van der Waals surface area contributed by atoms with Gasteiger partial charge in [-0.2, -0.15) is 0 Å². The van der Waals surface area contributed by atoms with Gasteiger partial charge in [-0.05, 0) is 92.3 Å². The molecule has 2 atom stereocenters. The van der Waals surface area contributed by atoms with Crippen molar-refractivity contribution in [2.24, 2.45) is 11.5 Å². The molecular formula is C28H33N5O. The molecule has 1 aromatic carbocycles. The first-order chi connectivity index (χ1) is 16.5. The lowest BCUT2D eigenvalue weighted by Gasteiger charge is -2.32. The monoisotopic (exact) mass is 455 g/mol. The second kappa shape index (κ2) is 8.35. The lowest BCUT2D eigenvalue weighted by atomic mass is 9.88. The first kappa shape index (κ1) is 21.5. The molecule has 1 amide bonds. The van der Waals surface area contributed by atoms with Crippen LogP contribution in [0.3, 0.4) is 0 Å². The van der Waals surface area contributed by atoms with Crippen LogP contribution in [-0.4, -0.2) is 28.0 Å². The molecule has 3 aliphatic carbocycles. The number of fused-ring (bicyclic) bond motifs is 2. The molecule has 3 aromatic rings. The number of benzene rings is 1.